The molecule has 2 fully saturated rings. The molecule has 2 amide bonds. The molecule has 2 heterocycles. The number of hydrogen-bond donors (Lipinski definition) is 3. The van der Waals surface area contributed by atoms with E-state index in [1.165, 1.54) is 0 Å². The van der Waals surface area contributed by atoms with Crippen LogP contribution in [0.15, 0.2) is 77.7 Å². The molecule has 4 aromatic rings. The molecule has 1 atom stereocenters. The Kier molecular flexibility index (Phi) is 9.88. The summed E-state index contributed by atoms with van der Waals surface area (Å²) >= 11 is 0. The summed E-state index contributed by atoms with van der Waals surface area (Å²) in [5, 5.41) is 10.4. The molecule has 260 valence electrons. The van der Waals surface area contributed by atoms with E-state index in [0.717, 1.165) is 38.9 Å². The van der Waals surface area contributed by atoms with Gasteiger partial charge >= 0.3 is 6.09 Å². The number of rotatable bonds is 7. The number of H-pyrrole nitrogens is 1. The number of aliphatic hydroxyl groups excluding tert-OH is 1. The number of carbonyl (C=O) groups excluding carboxylic acids is 2. The maximum atomic E-state index is 14.0. The van der Waals surface area contributed by atoms with Crippen LogP contribution in [0.1, 0.15) is 69.2 Å². The maximum Gasteiger partial charge on any atom is 0.410 e. The molecule has 0 radical (unpaired) electrons. The largest absolute Gasteiger partial charge is 0.444 e. The highest BCUT2D eigenvalue weighted by atomic mass is 32.2. The monoisotopic (exact) mass is 686 g/mol. The molecule has 3 aromatic carbocycles. The summed E-state index contributed by atoms with van der Waals surface area (Å²) in [6.07, 6.45) is 1.89. The van der Waals surface area contributed by atoms with Crippen LogP contribution >= 0.6 is 0 Å². The van der Waals surface area contributed by atoms with Gasteiger partial charge in [-0.15, -0.1) is 0 Å². The molecular weight excluding hydrogens is 641 g/mol. The molecule has 1 saturated carbocycles. The first kappa shape index (κ1) is 34.7. The Labute approximate surface area is 288 Å². The predicted octanol–water partition coefficient (Wildman–Crippen LogP) is 6.29. The highest BCUT2D eigenvalue weighted by Gasteiger charge is 2.39. The number of sulfonamides is 1. The fourth-order valence-electron chi connectivity index (χ4n) is 7.02. The zero-order chi connectivity index (χ0) is 34.9. The zero-order valence-electron chi connectivity index (χ0n) is 28.6. The first-order valence-electron chi connectivity index (χ1n) is 17.0. The number of fused-ring (bicyclic) bond motifs is 1. The van der Waals surface area contributed by atoms with Crippen molar-refractivity contribution in [2.45, 2.75) is 82.6 Å². The highest BCUT2D eigenvalue weighted by Crippen LogP contribution is 2.34. The molecule has 0 bridgehead atoms. The summed E-state index contributed by atoms with van der Waals surface area (Å²) in [7, 11) is -3.80. The second-order valence-electron chi connectivity index (χ2n) is 14.3. The normalized spacial score (nSPS) is 20.4. The molecule has 2 aliphatic rings. The van der Waals surface area contributed by atoms with E-state index in [4.69, 9.17) is 4.74 Å². The molecule has 11 heteroatoms. The van der Waals surface area contributed by atoms with E-state index in [2.05, 4.69) is 9.71 Å². The first-order chi connectivity index (χ1) is 23.3. The van der Waals surface area contributed by atoms with Crippen molar-refractivity contribution in [2.24, 2.45) is 5.92 Å². The zero-order valence-corrected chi connectivity index (χ0v) is 29.4. The Hall–Kier alpha value is -4.19. The average Bonchev–Trinajstić information content (AvgIpc) is 3.51. The molecule has 0 unspecified atom stereocenters. The molecule has 1 aliphatic carbocycles. The van der Waals surface area contributed by atoms with Gasteiger partial charge in [0.15, 0.2) is 0 Å². The Bertz CT molecular complexity index is 1930. The average molecular weight is 687 g/mol. The maximum absolute atomic E-state index is 14.0. The van der Waals surface area contributed by atoms with E-state index in [1.807, 2.05) is 93.3 Å². The number of piperazine rings is 1. The van der Waals surface area contributed by atoms with Crippen LogP contribution in [0.4, 0.5) is 4.79 Å². The number of benzene rings is 3. The van der Waals surface area contributed by atoms with Gasteiger partial charge in [-0.2, -0.15) is 0 Å². The van der Waals surface area contributed by atoms with Crippen LogP contribution in [-0.4, -0.2) is 71.6 Å². The van der Waals surface area contributed by atoms with E-state index in [1.54, 1.807) is 17.0 Å². The van der Waals surface area contributed by atoms with Gasteiger partial charge in [0.05, 0.1) is 17.5 Å². The van der Waals surface area contributed by atoms with E-state index >= 15 is 0 Å². The summed E-state index contributed by atoms with van der Waals surface area (Å²) in [6.45, 7) is 8.62. The van der Waals surface area contributed by atoms with E-state index in [-0.39, 0.29) is 41.5 Å². The summed E-state index contributed by atoms with van der Waals surface area (Å²) in [5.74, 6) is -0.170. The Morgan fingerprint density at radius 3 is 2.37 bits per heavy atom. The fourth-order valence-corrected chi connectivity index (χ4v) is 8.36. The van der Waals surface area contributed by atoms with Crippen molar-refractivity contribution in [1.29, 1.82) is 0 Å². The van der Waals surface area contributed by atoms with Gasteiger partial charge in [0.25, 0.3) is 0 Å². The lowest BCUT2D eigenvalue weighted by Crippen LogP contribution is -2.54. The number of amides is 2. The number of carbonyl (C=O) groups is 2. The fraction of sp³-hybridized carbons (Fsp3) is 0.421. The second-order valence-corrected chi connectivity index (χ2v) is 16.0. The number of nitrogens with one attached hydrogen (secondary N) is 2. The van der Waals surface area contributed by atoms with Crippen LogP contribution in [0.2, 0.25) is 0 Å². The van der Waals surface area contributed by atoms with Crippen LogP contribution in [-0.2, 0) is 26.2 Å². The number of aliphatic hydroxyl groups is 1. The third-order valence-corrected chi connectivity index (χ3v) is 11.1. The molecule has 49 heavy (non-hydrogen) atoms. The van der Waals surface area contributed by atoms with Gasteiger partial charge in [0, 0.05) is 53.8 Å². The van der Waals surface area contributed by atoms with Crippen LogP contribution < -0.4 is 4.72 Å². The van der Waals surface area contributed by atoms with Crippen molar-refractivity contribution in [2.75, 3.05) is 19.6 Å². The number of nitrogens with zero attached hydrogens (tertiary/aromatic N) is 2. The first-order valence-corrected chi connectivity index (χ1v) is 18.5. The number of aryl methyl sites for hydroxylation is 1. The molecule has 0 spiro atoms. The summed E-state index contributed by atoms with van der Waals surface area (Å²) in [5.41, 5.74) is 4.79. The number of ether oxygens (including phenoxy) is 1. The Morgan fingerprint density at radius 2 is 1.69 bits per heavy atom. The predicted molar refractivity (Wildman–Crippen MR) is 189 cm³/mol. The smallest absolute Gasteiger partial charge is 0.410 e. The van der Waals surface area contributed by atoms with Gasteiger partial charge in [-0.1, -0.05) is 54.6 Å². The lowest BCUT2D eigenvalue weighted by atomic mass is 9.85. The van der Waals surface area contributed by atoms with Crippen molar-refractivity contribution in [3.05, 3.63) is 89.5 Å². The molecule has 10 nitrogen and oxygen atoms in total. The molecule has 6 rings (SSSR count). The Balaban J connectivity index is 1.10. The quantitative estimate of drug-likeness (QED) is 0.209. The van der Waals surface area contributed by atoms with Crippen molar-refractivity contribution in [3.63, 3.8) is 0 Å². The van der Waals surface area contributed by atoms with Gasteiger partial charge in [0.1, 0.15) is 5.60 Å². The summed E-state index contributed by atoms with van der Waals surface area (Å²) in [4.78, 5) is 34.0. The van der Waals surface area contributed by atoms with Crippen molar-refractivity contribution < 1.29 is 27.9 Å². The van der Waals surface area contributed by atoms with Crippen molar-refractivity contribution in [1.82, 2.24) is 19.5 Å². The number of hydrogen-bond acceptors (Lipinski definition) is 6. The minimum Gasteiger partial charge on any atom is -0.444 e. The van der Waals surface area contributed by atoms with Gasteiger partial charge in [0.2, 0.25) is 15.9 Å². The third kappa shape index (κ3) is 7.84. The minimum absolute atomic E-state index is 0.0244. The van der Waals surface area contributed by atoms with Crippen LogP contribution in [0.5, 0.6) is 0 Å². The molecule has 1 aromatic heterocycles. The molecule has 3 N–H and O–H groups in total. The SMILES string of the molecule is Cc1cc(CO)ccc1-c1cc2ccc(S(=O)(=O)N[C@H]3CC[C@H](C(=O)N4CCN(C(=O)OC(C)(C)C)C[C@@H]4c4ccccc4)CC3)cc2[nH]1. The Morgan fingerprint density at radius 1 is 0.959 bits per heavy atom. The van der Waals surface area contributed by atoms with Crippen LogP contribution in [0.3, 0.4) is 0 Å². The van der Waals surface area contributed by atoms with Gasteiger partial charge < -0.3 is 24.6 Å². The van der Waals surface area contributed by atoms with E-state index < -0.39 is 15.6 Å². The van der Waals surface area contributed by atoms with Crippen molar-refractivity contribution >= 4 is 32.9 Å². The molecular formula is C38H46N4O6S. The summed E-state index contributed by atoms with van der Waals surface area (Å²) in [6, 6.07) is 22.1. The standard InChI is InChI=1S/C38H46N4O6S/c1-25-20-26(24-43)10-17-32(25)34-21-29-13-16-31(22-33(29)39-34)49(46,47)40-30-14-11-28(12-15-30)36(44)42-19-18-41(37(45)48-38(2,3)4)23-35(42)27-8-6-5-7-9-27/h5-10,13,16-17,20-22,28,30,35,39-40,43H,11-12,14-15,18-19,23-24H2,1-4H3/t28-,30-,35-/m1/s1. The van der Waals surface area contributed by atoms with Gasteiger partial charge in [-0.3, -0.25) is 4.79 Å². The second kappa shape index (κ2) is 14.0. The molecule has 1 aliphatic heterocycles. The third-order valence-electron chi connectivity index (χ3n) is 9.57. The van der Waals surface area contributed by atoms with Gasteiger partial charge in [-0.05, 0) is 88.3 Å². The lowest BCUT2D eigenvalue weighted by Gasteiger charge is -2.43. The van der Waals surface area contributed by atoms with Crippen LogP contribution in [0.25, 0.3) is 22.2 Å². The highest BCUT2D eigenvalue weighted by molar-refractivity contribution is 7.89. The van der Waals surface area contributed by atoms with E-state index in [0.29, 0.717) is 45.3 Å². The molecule has 1 saturated heterocycles. The lowest BCUT2D eigenvalue weighted by molar-refractivity contribution is -0.142. The van der Waals surface area contributed by atoms with Crippen LogP contribution in [0, 0.1) is 12.8 Å². The van der Waals surface area contributed by atoms with Crippen molar-refractivity contribution in [3.8, 4) is 11.3 Å². The minimum atomic E-state index is -3.80. The van der Waals surface area contributed by atoms with Gasteiger partial charge in [-0.25, -0.2) is 17.9 Å². The summed E-state index contributed by atoms with van der Waals surface area (Å²) < 4.78 is 35.6. The topological polar surface area (TPSA) is 132 Å². The number of aromatic nitrogens is 1. The number of aromatic amines is 1. The van der Waals surface area contributed by atoms with E-state index in [9.17, 15) is 23.1 Å².